The highest BCUT2D eigenvalue weighted by Crippen LogP contribution is 2.44. The van der Waals surface area contributed by atoms with E-state index < -0.39 is 0 Å². The van der Waals surface area contributed by atoms with E-state index in [0.717, 1.165) is 39.2 Å². The van der Waals surface area contributed by atoms with Crippen molar-refractivity contribution >= 4 is 43.4 Å². The highest BCUT2D eigenvalue weighted by Gasteiger charge is 2.19. The smallest absolute Gasteiger partial charge is 0.145 e. The predicted octanol–water partition coefficient (Wildman–Crippen LogP) is 11.9. The maximum Gasteiger partial charge on any atom is 0.145 e. The molecule has 0 aliphatic rings. The molecule has 0 amide bonds. The van der Waals surface area contributed by atoms with Gasteiger partial charge in [0.15, 0.2) is 0 Å². The monoisotopic (exact) mass is 610 g/mol. The summed E-state index contributed by atoms with van der Waals surface area (Å²) in [6.45, 7) is 1.87. The van der Waals surface area contributed by atoms with Crippen molar-refractivity contribution in [3.05, 3.63) is 169 Å². The van der Waals surface area contributed by atoms with E-state index in [9.17, 15) is 0 Å². The fourth-order valence-electron chi connectivity index (χ4n) is 7.24. The minimum atomic E-state index is 0.904. The number of fused-ring (bicyclic) bond motifs is 4. The molecule has 0 aliphatic carbocycles. The minimum absolute atomic E-state index is 0.904. The molecule has 9 aromatic rings. The molecule has 0 aliphatic heterocycles. The van der Waals surface area contributed by atoms with Crippen molar-refractivity contribution in [1.29, 1.82) is 0 Å². The topological polar surface area (TPSA) is 17.8 Å². The second-order valence-corrected chi connectivity index (χ2v) is 12.2. The molecule has 0 radical (unpaired) electrons. The number of para-hydroxylation sites is 1. The van der Waals surface area contributed by atoms with Crippen LogP contribution in [-0.2, 0) is 0 Å². The molecule has 9 rings (SSSR count). The Bertz CT molecular complexity index is 2680. The van der Waals surface area contributed by atoms with E-state index >= 15 is 0 Å². The van der Waals surface area contributed by atoms with E-state index in [-0.39, 0.29) is 0 Å². The Hall–Kier alpha value is -6.43. The molecule has 0 bridgehead atoms. The normalized spacial score (nSPS) is 11.3. The number of aromatic nitrogens is 2. The summed E-state index contributed by atoms with van der Waals surface area (Å²) < 4.78 is 2.26. The molecule has 0 atom stereocenters. The quantitative estimate of drug-likeness (QED) is 0.143. The lowest BCUT2D eigenvalue weighted by atomic mass is 9.85. The molecule has 0 fully saturated rings. The summed E-state index contributed by atoms with van der Waals surface area (Å²) >= 11 is 0. The van der Waals surface area contributed by atoms with E-state index in [1.54, 1.807) is 0 Å². The Balaban J connectivity index is 1.30. The predicted molar refractivity (Wildman–Crippen MR) is 202 cm³/mol. The first kappa shape index (κ1) is 27.8. The Kier molecular flexibility index (Phi) is 6.63. The van der Waals surface area contributed by atoms with Crippen LogP contribution in [-0.4, -0.2) is 9.55 Å². The largest absolute Gasteiger partial charge is 0.292 e. The van der Waals surface area contributed by atoms with Crippen molar-refractivity contribution < 1.29 is 0 Å². The van der Waals surface area contributed by atoms with Crippen LogP contribution in [0.3, 0.4) is 0 Å². The fourth-order valence-corrected chi connectivity index (χ4v) is 7.24. The van der Waals surface area contributed by atoms with Crippen molar-refractivity contribution in [2.24, 2.45) is 0 Å². The maximum absolute atomic E-state index is 5.24. The van der Waals surface area contributed by atoms with Crippen molar-refractivity contribution in [1.82, 2.24) is 9.55 Å². The van der Waals surface area contributed by atoms with Gasteiger partial charge in [-0.15, -0.1) is 5.92 Å². The Labute approximate surface area is 279 Å². The number of benzene rings is 8. The first-order valence-corrected chi connectivity index (χ1v) is 16.3. The SMILES string of the molecule is CC#Cc1ccc2c(c1)nc(-c1cccc(-c3c4ccccc4c(-c4ccc5ccccc5c4)c4ccccc34)c1)n2-c1ccccc1. The van der Waals surface area contributed by atoms with Gasteiger partial charge in [0.2, 0.25) is 0 Å². The van der Waals surface area contributed by atoms with E-state index in [2.05, 4.69) is 180 Å². The van der Waals surface area contributed by atoms with Crippen LogP contribution in [0.25, 0.3) is 82.7 Å². The molecule has 0 saturated heterocycles. The zero-order valence-corrected chi connectivity index (χ0v) is 26.5. The van der Waals surface area contributed by atoms with E-state index in [1.807, 2.05) is 6.92 Å². The van der Waals surface area contributed by atoms with Gasteiger partial charge in [-0.2, -0.15) is 0 Å². The third kappa shape index (κ3) is 4.56. The molecule has 0 N–H and O–H groups in total. The van der Waals surface area contributed by atoms with Crippen molar-refractivity contribution in [3.63, 3.8) is 0 Å². The molecule has 8 aromatic carbocycles. The van der Waals surface area contributed by atoms with Crippen molar-refractivity contribution in [2.45, 2.75) is 6.92 Å². The van der Waals surface area contributed by atoms with Gasteiger partial charge in [-0.3, -0.25) is 4.57 Å². The van der Waals surface area contributed by atoms with Crippen molar-refractivity contribution in [2.75, 3.05) is 0 Å². The van der Waals surface area contributed by atoms with Crippen LogP contribution < -0.4 is 0 Å². The molecule has 2 nitrogen and oxygen atoms in total. The Morgan fingerprint density at radius 2 is 1.08 bits per heavy atom. The lowest BCUT2D eigenvalue weighted by Gasteiger charge is -2.18. The summed E-state index contributed by atoms with van der Waals surface area (Å²) in [5, 5.41) is 7.45. The van der Waals surface area contributed by atoms with Gasteiger partial charge >= 0.3 is 0 Å². The molecular formula is C46H30N2. The van der Waals surface area contributed by atoms with Crippen LogP contribution in [0.2, 0.25) is 0 Å². The van der Waals surface area contributed by atoms with Gasteiger partial charge < -0.3 is 0 Å². The molecule has 2 heteroatoms. The summed E-state index contributed by atoms with van der Waals surface area (Å²) in [4.78, 5) is 5.24. The Morgan fingerprint density at radius 3 is 1.77 bits per heavy atom. The third-order valence-corrected chi connectivity index (χ3v) is 9.32. The van der Waals surface area contributed by atoms with E-state index in [0.29, 0.717) is 0 Å². The average Bonchev–Trinajstić information content (AvgIpc) is 3.53. The molecule has 1 heterocycles. The van der Waals surface area contributed by atoms with Crippen LogP contribution in [0.15, 0.2) is 164 Å². The van der Waals surface area contributed by atoms with Gasteiger partial charge in [0.1, 0.15) is 5.82 Å². The minimum Gasteiger partial charge on any atom is -0.292 e. The van der Waals surface area contributed by atoms with Gasteiger partial charge in [0, 0.05) is 16.8 Å². The molecule has 1 aromatic heterocycles. The highest BCUT2D eigenvalue weighted by molar-refractivity contribution is 6.21. The maximum atomic E-state index is 5.24. The summed E-state index contributed by atoms with van der Waals surface area (Å²) in [5.74, 6) is 7.13. The van der Waals surface area contributed by atoms with E-state index in [1.165, 1.54) is 49.0 Å². The van der Waals surface area contributed by atoms with E-state index in [4.69, 9.17) is 4.98 Å². The number of hydrogen-bond donors (Lipinski definition) is 0. The van der Waals surface area contributed by atoms with Gasteiger partial charge in [0.05, 0.1) is 11.0 Å². The van der Waals surface area contributed by atoms with Gasteiger partial charge in [-0.05, 0) is 104 Å². The van der Waals surface area contributed by atoms with Crippen LogP contribution in [0.5, 0.6) is 0 Å². The molecule has 0 spiro atoms. The molecular weight excluding hydrogens is 581 g/mol. The molecule has 224 valence electrons. The third-order valence-electron chi connectivity index (χ3n) is 9.32. The summed E-state index contributed by atoms with van der Waals surface area (Å²) in [7, 11) is 0. The van der Waals surface area contributed by atoms with Crippen molar-refractivity contribution in [3.8, 4) is 51.2 Å². The number of hydrogen-bond acceptors (Lipinski definition) is 1. The standard InChI is InChI=1S/C46H30N2/c1-2-13-31-24-27-43-42(28-31)47-46(48(43)37-18-4-3-5-19-37)36-17-12-16-34(30-36)44-38-20-8-10-22-40(38)45(41-23-11-9-21-39(41)44)35-26-25-32-14-6-7-15-33(32)29-35/h3-12,14-30H,1H3. The zero-order valence-electron chi connectivity index (χ0n) is 26.5. The summed E-state index contributed by atoms with van der Waals surface area (Å²) in [6, 6.07) is 58.8. The average molecular weight is 611 g/mol. The van der Waals surface area contributed by atoms with Gasteiger partial charge in [-0.25, -0.2) is 4.98 Å². The highest BCUT2D eigenvalue weighted by atomic mass is 15.1. The van der Waals surface area contributed by atoms with Crippen LogP contribution >= 0.6 is 0 Å². The van der Waals surface area contributed by atoms with Gasteiger partial charge in [-0.1, -0.05) is 127 Å². The summed E-state index contributed by atoms with van der Waals surface area (Å²) in [6.07, 6.45) is 0. The number of rotatable bonds is 4. The lowest BCUT2D eigenvalue weighted by Crippen LogP contribution is -1.97. The van der Waals surface area contributed by atoms with Gasteiger partial charge in [0.25, 0.3) is 0 Å². The Morgan fingerprint density at radius 1 is 0.479 bits per heavy atom. The fraction of sp³-hybridized carbons (Fsp3) is 0.0217. The van der Waals surface area contributed by atoms with Crippen LogP contribution in [0, 0.1) is 11.8 Å². The molecule has 48 heavy (non-hydrogen) atoms. The first-order chi connectivity index (χ1) is 23.8. The van der Waals surface area contributed by atoms with Crippen LogP contribution in [0.4, 0.5) is 0 Å². The second kappa shape index (κ2) is 11.4. The number of nitrogens with zero attached hydrogens (tertiary/aromatic N) is 2. The van der Waals surface area contributed by atoms with Crippen LogP contribution in [0.1, 0.15) is 12.5 Å². The molecule has 0 saturated carbocycles. The summed E-state index contributed by atoms with van der Waals surface area (Å²) in [5.41, 5.74) is 9.97. The second-order valence-electron chi connectivity index (χ2n) is 12.2. The first-order valence-electron chi connectivity index (χ1n) is 16.3. The zero-order chi connectivity index (χ0) is 32.0. The lowest BCUT2D eigenvalue weighted by molar-refractivity contribution is 1.10. The molecule has 0 unspecified atom stereocenters. The number of imidazole rings is 1.